The zero-order valence-electron chi connectivity index (χ0n) is 11.7. The summed E-state index contributed by atoms with van der Waals surface area (Å²) in [6, 6.07) is 11.8. The molecular weight excluding hydrogens is 330 g/mol. The van der Waals surface area contributed by atoms with E-state index in [2.05, 4.69) is 31.5 Å². The first-order valence-corrected chi connectivity index (χ1v) is 7.26. The molecule has 6 heteroatoms. The fourth-order valence-electron chi connectivity index (χ4n) is 2.25. The third kappa shape index (κ3) is 2.67. The minimum absolute atomic E-state index is 0.678. The van der Waals surface area contributed by atoms with Crippen LogP contribution in [0.3, 0.4) is 0 Å². The number of rotatable bonds is 2. The number of hydrogen-bond donors (Lipinski definition) is 1. The number of nitrogens with zero attached hydrogens (tertiary/aromatic N) is 4. The molecule has 106 valence electrons. The van der Waals surface area contributed by atoms with Gasteiger partial charge in [0.05, 0.1) is 5.69 Å². The molecule has 3 rings (SSSR count). The molecule has 1 aromatic heterocycles. The number of nitrogens with two attached hydrogens (primary N) is 1. The molecule has 0 spiro atoms. The van der Waals surface area contributed by atoms with Crippen LogP contribution in [0.2, 0.25) is 0 Å². The summed E-state index contributed by atoms with van der Waals surface area (Å²) in [4.78, 5) is 0. The largest absolute Gasteiger partial charge is 0.399 e. The minimum Gasteiger partial charge on any atom is -0.399 e. The Morgan fingerprint density at radius 2 is 1.90 bits per heavy atom. The van der Waals surface area contributed by atoms with Crippen molar-refractivity contribution in [3.05, 3.63) is 52.0 Å². The molecule has 2 N–H and O–H groups in total. The van der Waals surface area contributed by atoms with Gasteiger partial charge in [-0.3, -0.25) is 0 Å². The molecule has 0 bridgehead atoms. The third-order valence-electron chi connectivity index (χ3n) is 3.24. The van der Waals surface area contributed by atoms with Crippen molar-refractivity contribution in [2.75, 3.05) is 5.73 Å². The topological polar surface area (TPSA) is 69.6 Å². The molecule has 1 heterocycles. The molecule has 0 saturated heterocycles. The van der Waals surface area contributed by atoms with Gasteiger partial charge in [0.1, 0.15) is 0 Å². The Bertz CT molecular complexity index is 789. The average molecular weight is 344 g/mol. The summed E-state index contributed by atoms with van der Waals surface area (Å²) in [5.41, 5.74) is 10.6. The van der Waals surface area contributed by atoms with E-state index in [1.165, 1.54) is 0 Å². The minimum atomic E-state index is 0.678. The highest BCUT2D eigenvalue weighted by molar-refractivity contribution is 9.10. The number of tetrazole rings is 1. The van der Waals surface area contributed by atoms with Crippen molar-refractivity contribution in [2.45, 2.75) is 13.8 Å². The standard InChI is InChI=1S/C15H14BrN5/c1-9-5-11(16)7-13(6-9)21-15(18-19-20-21)14-8-12(17)4-3-10(14)2/h3-8H,17H2,1-2H3. The molecule has 2 aromatic carbocycles. The fraction of sp³-hybridized carbons (Fsp3) is 0.133. The van der Waals surface area contributed by atoms with Crippen LogP contribution in [0, 0.1) is 13.8 Å². The Kier molecular flexibility index (Phi) is 3.47. The van der Waals surface area contributed by atoms with Crippen LogP contribution in [-0.4, -0.2) is 20.2 Å². The number of hydrogen-bond acceptors (Lipinski definition) is 4. The predicted octanol–water partition coefficient (Wildman–Crippen LogP) is 3.29. The molecule has 0 aliphatic heterocycles. The van der Waals surface area contributed by atoms with Gasteiger partial charge < -0.3 is 5.73 Å². The van der Waals surface area contributed by atoms with Crippen LogP contribution in [0.25, 0.3) is 17.1 Å². The molecule has 21 heavy (non-hydrogen) atoms. The van der Waals surface area contributed by atoms with E-state index in [1.807, 2.05) is 50.2 Å². The summed E-state index contributed by atoms with van der Waals surface area (Å²) in [7, 11) is 0. The fourth-order valence-corrected chi connectivity index (χ4v) is 2.84. The lowest BCUT2D eigenvalue weighted by atomic mass is 10.1. The third-order valence-corrected chi connectivity index (χ3v) is 3.70. The Hall–Kier alpha value is -2.21. The summed E-state index contributed by atoms with van der Waals surface area (Å²) in [6.07, 6.45) is 0. The molecule has 5 nitrogen and oxygen atoms in total. The molecule has 0 amide bonds. The summed E-state index contributed by atoms with van der Waals surface area (Å²) < 4.78 is 2.71. The second-order valence-corrected chi connectivity index (χ2v) is 5.89. The second-order valence-electron chi connectivity index (χ2n) is 4.98. The zero-order valence-corrected chi connectivity index (χ0v) is 13.3. The maximum Gasteiger partial charge on any atom is 0.187 e. The lowest BCUT2D eigenvalue weighted by Gasteiger charge is -2.09. The highest BCUT2D eigenvalue weighted by atomic mass is 79.9. The second kappa shape index (κ2) is 5.29. The lowest BCUT2D eigenvalue weighted by Crippen LogP contribution is -2.02. The first-order chi connectivity index (χ1) is 10.0. The Morgan fingerprint density at radius 1 is 1.10 bits per heavy atom. The number of aromatic nitrogens is 4. The Labute approximate surface area is 130 Å². The zero-order chi connectivity index (χ0) is 15.0. The first-order valence-electron chi connectivity index (χ1n) is 6.47. The van der Waals surface area contributed by atoms with Crippen LogP contribution >= 0.6 is 15.9 Å². The van der Waals surface area contributed by atoms with E-state index >= 15 is 0 Å². The van der Waals surface area contributed by atoms with Gasteiger partial charge >= 0.3 is 0 Å². The van der Waals surface area contributed by atoms with Crippen LogP contribution in [0.15, 0.2) is 40.9 Å². The molecule has 0 saturated carbocycles. The van der Waals surface area contributed by atoms with Crippen molar-refractivity contribution in [1.29, 1.82) is 0 Å². The molecule has 0 atom stereocenters. The van der Waals surface area contributed by atoms with E-state index in [-0.39, 0.29) is 0 Å². The first kappa shape index (κ1) is 13.8. The quantitative estimate of drug-likeness (QED) is 0.725. The van der Waals surface area contributed by atoms with E-state index in [1.54, 1.807) is 4.68 Å². The number of halogens is 1. The lowest BCUT2D eigenvalue weighted by molar-refractivity contribution is 0.790. The van der Waals surface area contributed by atoms with Gasteiger partial charge in [-0.2, -0.15) is 4.68 Å². The van der Waals surface area contributed by atoms with Crippen molar-refractivity contribution in [3.8, 4) is 17.1 Å². The molecule has 0 radical (unpaired) electrons. The number of nitrogen functional groups attached to an aromatic ring is 1. The summed E-state index contributed by atoms with van der Waals surface area (Å²) in [5.74, 6) is 0.678. The summed E-state index contributed by atoms with van der Waals surface area (Å²) >= 11 is 3.50. The van der Waals surface area contributed by atoms with Gasteiger partial charge in [-0.25, -0.2) is 0 Å². The van der Waals surface area contributed by atoms with Crippen LogP contribution in [0.1, 0.15) is 11.1 Å². The SMILES string of the molecule is Cc1cc(Br)cc(-n2nnnc2-c2cc(N)ccc2C)c1. The van der Waals surface area contributed by atoms with E-state index in [4.69, 9.17) is 5.73 Å². The van der Waals surface area contributed by atoms with Crippen molar-refractivity contribution < 1.29 is 0 Å². The monoisotopic (exact) mass is 343 g/mol. The molecule has 0 fully saturated rings. The van der Waals surface area contributed by atoms with E-state index in [0.29, 0.717) is 11.5 Å². The molecule has 0 aliphatic rings. The van der Waals surface area contributed by atoms with Crippen LogP contribution in [-0.2, 0) is 0 Å². The van der Waals surface area contributed by atoms with Gasteiger partial charge in [-0.15, -0.1) is 5.10 Å². The van der Waals surface area contributed by atoms with Crippen molar-refractivity contribution in [1.82, 2.24) is 20.2 Å². The van der Waals surface area contributed by atoms with Gasteiger partial charge in [0.15, 0.2) is 5.82 Å². The van der Waals surface area contributed by atoms with E-state index in [9.17, 15) is 0 Å². The Morgan fingerprint density at radius 3 is 2.67 bits per heavy atom. The highest BCUT2D eigenvalue weighted by Crippen LogP contribution is 2.26. The van der Waals surface area contributed by atoms with Crippen molar-refractivity contribution >= 4 is 21.6 Å². The number of anilines is 1. The smallest absolute Gasteiger partial charge is 0.187 e. The van der Waals surface area contributed by atoms with Gasteiger partial charge in [0.2, 0.25) is 0 Å². The van der Waals surface area contributed by atoms with E-state index in [0.717, 1.165) is 26.9 Å². The highest BCUT2D eigenvalue weighted by Gasteiger charge is 2.14. The van der Waals surface area contributed by atoms with Crippen LogP contribution in [0.4, 0.5) is 5.69 Å². The predicted molar refractivity (Wildman–Crippen MR) is 86.2 cm³/mol. The normalized spacial score (nSPS) is 10.8. The molecule has 3 aromatic rings. The summed E-state index contributed by atoms with van der Waals surface area (Å²) in [6.45, 7) is 4.05. The Balaban J connectivity index is 2.19. The van der Waals surface area contributed by atoms with Crippen LogP contribution < -0.4 is 5.73 Å². The summed E-state index contributed by atoms with van der Waals surface area (Å²) in [5, 5.41) is 12.1. The van der Waals surface area contributed by atoms with Crippen molar-refractivity contribution in [2.24, 2.45) is 0 Å². The van der Waals surface area contributed by atoms with Gasteiger partial charge in [-0.05, 0) is 65.7 Å². The number of benzene rings is 2. The van der Waals surface area contributed by atoms with Gasteiger partial charge in [0, 0.05) is 15.7 Å². The van der Waals surface area contributed by atoms with Gasteiger partial charge in [0.25, 0.3) is 0 Å². The van der Waals surface area contributed by atoms with Crippen LogP contribution in [0.5, 0.6) is 0 Å². The van der Waals surface area contributed by atoms with Gasteiger partial charge in [-0.1, -0.05) is 22.0 Å². The average Bonchev–Trinajstić information content (AvgIpc) is 2.89. The molecule has 0 aliphatic carbocycles. The van der Waals surface area contributed by atoms with E-state index < -0.39 is 0 Å². The maximum absolute atomic E-state index is 5.89. The number of aryl methyl sites for hydroxylation is 2. The maximum atomic E-state index is 5.89. The molecular formula is C15H14BrN5. The van der Waals surface area contributed by atoms with Crippen molar-refractivity contribution in [3.63, 3.8) is 0 Å². The molecule has 0 unspecified atom stereocenters.